The van der Waals surface area contributed by atoms with Crippen LogP contribution in [0.3, 0.4) is 0 Å². The average Bonchev–Trinajstić information content (AvgIpc) is 2.92. The molecule has 0 amide bonds. The molecule has 3 rings (SSSR count). The maximum Gasteiger partial charge on any atom is 0.306 e. The highest BCUT2D eigenvalue weighted by molar-refractivity contribution is 5.56. The first-order chi connectivity index (χ1) is 11.1. The number of nitrogens with one attached hydrogen (secondary N) is 3. The lowest BCUT2D eigenvalue weighted by molar-refractivity contribution is -0.564. The molecule has 0 spiro atoms. The van der Waals surface area contributed by atoms with Gasteiger partial charge in [0.25, 0.3) is 0 Å². The van der Waals surface area contributed by atoms with Crippen molar-refractivity contribution in [2.75, 3.05) is 10.6 Å². The molecule has 0 atom stereocenters. The Morgan fingerprint density at radius 2 is 2.13 bits per heavy atom. The normalized spacial score (nSPS) is 21.3. The Balaban J connectivity index is 1.91. The summed E-state index contributed by atoms with van der Waals surface area (Å²) in [6.07, 6.45) is 5.87. The second-order valence-electron chi connectivity index (χ2n) is 6.54. The van der Waals surface area contributed by atoms with Crippen molar-refractivity contribution in [2.24, 2.45) is 5.73 Å². The molecule has 1 aliphatic rings. The molecule has 0 unspecified atom stereocenters. The Morgan fingerprint density at radius 1 is 1.39 bits per heavy atom. The number of nitriles is 1. The number of aromatic amines is 1. The number of hydrogen-bond donors (Lipinski definition) is 4. The van der Waals surface area contributed by atoms with Crippen LogP contribution >= 0.6 is 0 Å². The molecule has 23 heavy (non-hydrogen) atoms. The molecule has 0 aromatic carbocycles. The zero-order valence-corrected chi connectivity index (χ0v) is 13.6. The Kier molecular flexibility index (Phi) is 4.35. The van der Waals surface area contributed by atoms with Gasteiger partial charge in [0.15, 0.2) is 0 Å². The van der Waals surface area contributed by atoms with Crippen molar-refractivity contribution in [1.82, 2.24) is 10.1 Å². The van der Waals surface area contributed by atoms with Crippen molar-refractivity contribution in [3.63, 3.8) is 0 Å². The van der Waals surface area contributed by atoms with Crippen LogP contribution < -0.4 is 20.9 Å². The third-order valence-corrected chi connectivity index (χ3v) is 4.21. The number of nitrogens with two attached hydrogens (primary N) is 1. The molecule has 1 saturated carbocycles. The van der Waals surface area contributed by atoms with Gasteiger partial charge in [-0.1, -0.05) is 4.98 Å². The number of anilines is 2. The second-order valence-corrected chi connectivity index (χ2v) is 6.54. The van der Waals surface area contributed by atoms with Gasteiger partial charge in [-0.15, -0.1) is 4.52 Å². The van der Waals surface area contributed by atoms with Gasteiger partial charge in [-0.05, 0) is 39.5 Å². The minimum atomic E-state index is 0.280. The molecule has 0 aliphatic heterocycles. The van der Waals surface area contributed by atoms with Crippen molar-refractivity contribution >= 4 is 17.3 Å². The molecule has 7 heteroatoms. The SMILES string of the molecule is CC(C)Nc1cc(NC2CCC(N)CC2)nc2c(C#N)c[nH][n+]12. The van der Waals surface area contributed by atoms with E-state index in [2.05, 4.69) is 40.6 Å². The van der Waals surface area contributed by atoms with Crippen LogP contribution in [0.2, 0.25) is 0 Å². The Morgan fingerprint density at radius 3 is 2.78 bits per heavy atom. The Labute approximate surface area is 135 Å². The van der Waals surface area contributed by atoms with E-state index in [-0.39, 0.29) is 6.04 Å². The van der Waals surface area contributed by atoms with Crippen LogP contribution in [0.15, 0.2) is 12.3 Å². The largest absolute Gasteiger partial charge is 0.353 e. The summed E-state index contributed by atoms with van der Waals surface area (Å²) in [5.74, 6) is 1.69. The van der Waals surface area contributed by atoms with E-state index in [0.29, 0.717) is 23.3 Å². The van der Waals surface area contributed by atoms with Gasteiger partial charge in [0.05, 0.1) is 18.3 Å². The molecular formula is C16H24N7+. The first-order valence-corrected chi connectivity index (χ1v) is 8.19. The van der Waals surface area contributed by atoms with E-state index >= 15 is 0 Å². The van der Waals surface area contributed by atoms with E-state index in [4.69, 9.17) is 5.73 Å². The summed E-state index contributed by atoms with van der Waals surface area (Å²) in [5, 5.41) is 19.2. The standard InChI is InChI=1S/C16H23N7/c1-10(2)20-15-7-14(21-13-5-3-12(18)4-6-13)22-16-11(8-17)9-19-23(15)16/h7,9-10,12-13H,3-6,18H2,1-2H3,(H2,19,20,21,22)/p+1. The predicted molar refractivity (Wildman–Crippen MR) is 89.1 cm³/mol. The van der Waals surface area contributed by atoms with E-state index in [1.165, 1.54) is 0 Å². The number of hydrogen-bond acceptors (Lipinski definition) is 5. The number of nitrogens with zero attached hydrogens (tertiary/aromatic N) is 3. The third-order valence-electron chi connectivity index (χ3n) is 4.21. The predicted octanol–water partition coefficient (Wildman–Crippen LogP) is 1.52. The molecule has 0 radical (unpaired) electrons. The van der Waals surface area contributed by atoms with E-state index in [0.717, 1.165) is 37.3 Å². The molecule has 2 aromatic heterocycles. The van der Waals surface area contributed by atoms with Gasteiger partial charge in [-0.3, -0.25) is 0 Å². The molecule has 7 nitrogen and oxygen atoms in total. The lowest BCUT2D eigenvalue weighted by Crippen LogP contribution is -2.35. The molecule has 2 heterocycles. The van der Waals surface area contributed by atoms with E-state index in [9.17, 15) is 5.26 Å². The van der Waals surface area contributed by atoms with Gasteiger partial charge < -0.3 is 16.4 Å². The molecular weight excluding hydrogens is 290 g/mol. The molecule has 5 N–H and O–H groups in total. The smallest absolute Gasteiger partial charge is 0.306 e. The fraction of sp³-hybridized carbons (Fsp3) is 0.562. The quantitative estimate of drug-likeness (QED) is 0.640. The van der Waals surface area contributed by atoms with Crippen molar-refractivity contribution in [3.8, 4) is 6.07 Å². The van der Waals surface area contributed by atoms with Gasteiger partial charge >= 0.3 is 5.65 Å². The molecule has 1 aliphatic carbocycles. The van der Waals surface area contributed by atoms with Crippen LogP contribution in [0.1, 0.15) is 45.1 Å². The number of fused-ring (bicyclic) bond motifs is 1. The highest BCUT2D eigenvalue weighted by Crippen LogP contribution is 2.22. The van der Waals surface area contributed by atoms with Crippen LogP contribution in [-0.2, 0) is 0 Å². The van der Waals surface area contributed by atoms with Gasteiger partial charge in [-0.2, -0.15) is 5.26 Å². The number of H-pyrrole nitrogens is 1. The number of aromatic nitrogens is 3. The zero-order chi connectivity index (χ0) is 16.4. The second kappa shape index (κ2) is 6.42. The molecule has 0 saturated heterocycles. The van der Waals surface area contributed by atoms with E-state index < -0.39 is 0 Å². The minimum Gasteiger partial charge on any atom is -0.353 e. The Hall–Kier alpha value is -2.33. The first kappa shape index (κ1) is 15.6. The van der Waals surface area contributed by atoms with Crippen LogP contribution in [0.25, 0.3) is 5.65 Å². The van der Waals surface area contributed by atoms with Crippen LogP contribution in [0.5, 0.6) is 0 Å². The summed E-state index contributed by atoms with van der Waals surface area (Å²) in [6, 6.07) is 5.16. The fourth-order valence-electron chi connectivity index (χ4n) is 3.04. The molecule has 2 aromatic rings. The van der Waals surface area contributed by atoms with Gasteiger partial charge in [0, 0.05) is 12.1 Å². The summed E-state index contributed by atoms with van der Waals surface area (Å²) in [5.41, 5.74) is 7.14. The summed E-state index contributed by atoms with van der Waals surface area (Å²) in [6.45, 7) is 4.16. The Bertz CT molecular complexity index is 720. The number of rotatable bonds is 4. The monoisotopic (exact) mass is 314 g/mol. The summed E-state index contributed by atoms with van der Waals surface area (Å²) in [7, 11) is 0. The molecule has 122 valence electrons. The van der Waals surface area contributed by atoms with Crippen molar-refractivity contribution < 1.29 is 4.52 Å². The zero-order valence-electron chi connectivity index (χ0n) is 13.6. The lowest BCUT2D eigenvalue weighted by Gasteiger charge is -2.26. The van der Waals surface area contributed by atoms with Crippen molar-refractivity contribution in [2.45, 2.75) is 57.7 Å². The van der Waals surface area contributed by atoms with Crippen molar-refractivity contribution in [3.05, 3.63) is 17.8 Å². The van der Waals surface area contributed by atoms with Crippen LogP contribution in [-0.4, -0.2) is 28.2 Å². The minimum absolute atomic E-state index is 0.280. The van der Waals surface area contributed by atoms with Crippen LogP contribution in [0.4, 0.5) is 11.6 Å². The van der Waals surface area contributed by atoms with Gasteiger partial charge in [0.2, 0.25) is 11.6 Å². The summed E-state index contributed by atoms with van der Waals surface area (Å²) >= 11 is 0. The van der Waals surface area contributed by atoms with E-state index in [1.54, 1.807) is 10.7 Å². The molecule has 0 bridgehead atoms. The summed E-state index contributed by atoms with van der Waals surface area (Å²) < 4.78 is 1.81. The highest BCUT2D eigenvalue weighted by atomic mass is 15.3. The lowest BCUT2D eigenvalue weighted by atomic mass is 9.92. The van der Waals surface area contributed by atoms with Gasteiger partial charge in [-0.25, -0.2) is 5.10 Å². The van der Waals surface area contributed by atoms with E-state index in [1.807, 2.05) is 6.07 Å². The van der Waals surface area contributed by atoms with Gasteiger partial charge in [0.1, 0.15) is 11.6 Å². The maximum absolute atomic E-state index is 9.26. The highest BCUT2D eigenvalue weighted by Gasteiger charge is 2.23. The van der Waals surface area contributed by atoms with Crippen LogP contribution in [0, 0.1) is 11.3 Å². The summed E-state index contributed by atoms with van der Waals surface area (Å²) in [4.78, 5) is 4.61. The topological polar surface area (TPSA) is 107 Å². The molecule has 1 fully saturated rings. The van der Waals surface area contributed by atoms with Crippen molar-refractivity contribution in [1.29, 1.82) is 5.26 Å². The maximum atomic E-state index is 9.26. The third kappa shape index (κ3) is 3.37. The fourth-order valence-corrected chi connectivity index (χ4v) is 3.04. The average molecular weight is 314 g/mol. The first-order valence-electron chi connectivity index (χ1n) is 8.19.